The summed E-state index contributed by atoms with van der Waals surface area (Å²) in [5.41, 5.74) is -0.664. The molecule has 0 spiro atoms. The van der Waals surface area contributed by atoms with Gasteiger partial charge in [0.2, 0.25) is 0 Å². The average molecular weight is 292 g/mol. The highest BCUT2D eigenvalue weighted by Gasteiger charge is 2.61. The summed E-state index contributed by atoms with van der Waals surface area (Å²) in [4.78, 5) is 14.1. The fourth-order valence-corrected chi connectivity index (χ4v) is 2.68. The summed E-state index contributed by atoms with van der Waals surface area (Å²) in [5.74, 6) is -0.619. The van der Waals surface area contributed by atoms with Crippen molar-refractivity contribution in [3.63, 3.8) is 0 Å². The Morgan fingerprint density at radius 2 is 1.90 bits per heavy atom. The molecule has 6 heteroatoms. The molecule has 0 amide bonds. The lowest BCUT2D eigenvalue weighted by atomic mass is 9.65. The van der Waals surface area contributed by atoms with Gasteiger partial charge in [0.1, 0.15) is 0 Å². The Hall–Kier alpha value is -1.85. The van der Waals surface area contributed by atoms with Crippen LogP contribution in [0.2, 0.25) is 0 Å². The van der Waals surface area contributed by atoms with Crippen LogP contribution in [0.3, 0.4) is 0 Å². The molecule has 1 unspecified atom stereocenters. The molecule has 2 rings (SSSR count). The first-order valence-corrected chi connectivity index (χ1v) is 7.15. The molecule has 0 aromatic heterocycles. The second kappa shape index (κ2) is 5.17. The first kappa shape index (κ1) is 15.5. The third-order valence-corrected chi connectivity index (χ3v) is 4.26. The van der Waals surface area contributed by atoms with E-state index in [0.29, 0.717) is 5.46 Å². The van der Waals surface area contributed by atoms with Gasteiger partial charge in [-0.25, -0.2) is 0 Å². The predicted molar refractivity (Wildman–Crippen MR) is 82.3 cm³/mol. The van der Waals surface area contributed by atoms with Crippen LogP contribution in [0, 0.1) is 5.92 Å². The van der Waals surface area contributed by atoms with Crippen molar-refractivity contribution in [1.29, 1.82) is 0 Å². The molecule has 21 heavy (non-hydrogen) atoms. The molecule has 4 nitrogen and oxygen atoms in total. The van der Waals surface area contributed by atoms with E-state index in [9.17, 15) is 4.79 Å². The summed E-state index contributed by atoms with van der Waals surface area (Å²) in [7, 11) is 3.59. The van der Waals surface area contributed by atoms with Crippen LogP contribution in [-0.4, -0.2) is 48.1 Å². The second-order valence-electron chi connectivity index (χ2n) is 6.25. The van der Waals surface area contributed by atoms with E-state index in [4.69, 9.17) is 4.65 Å². The van der Waals surface area contributed by atoms with E-state index in [0.717, 1.165) is 0 Å². The fraction of sp³-hybridized carbons (Fsp3) is 0.467. The van der Waals surface area contributed by atoms with Crippen molar-refractivity contribution in [3.05, 3.63) is 30.3 Å². The molecule has 0 saturated carbocycles. The van der Waals surface area contributed by atoms with Crippen molar-refractivity contribution in [1.82, 2.24) is 4.90 Å². The first-order valence-electron chi connectivity index (χ1n) is 7.15. The van der Waals surface area contributed by atoms with Crippen molar-refractivity contribution in [2.75, 3.05) is 14.1 Å². The van der Waals surface area contributed by atoms with Gasteiger partial charge in [-0.1, -0.05) is 49.6 Å². The molecule has 1 aromatic rings. The van der Waals surface area contributed by atoms with Crippen LogP contribution in [0.5, 0.6) is 0 Å². The van der Waals surface area contributed by atoms with Crippen molar-refractivity contribution in [3.8, 4) is 0 Å². The number of hydrogen-bond acceptors (Lipinski definition) is 2. The zero-order valence-corrected chi connectivity index (χ0v) is 13.2. The normalized spacial score (nSPS) is 30.8. The molecule has 1 aliphatic heterocycles. The summed E-state index contributed by atoms with van der Waals surface area (Å²) in [6.45, 7) is 2.44. The van der Waals surface area contributed by atoms with Crippen LogP contribution in [-0.2, 0) is 9.45 Å². The van der Waals surface area contributed by atoms with Gasteiger partial charge in [-0.05, 0) is 6.92 Å². The van der Waals surface area contributed by atoms with Gasteiger partial charge in [0.15, 0.2) is 11.9 Å². The third-order valence-electron chi connectivity index (χ3n) is 4.26. The lowest BCUT2D eigenvalue weighted by Crippen LogP contribution is -2.59. The smallest absolute Gasteiger partial charge is 0.568 e. The molecule has 1 fully saturated rings. The van der Waals surface area contributed by atoms with E-state index in [2.05, 4.69) is 0 Å². The highest BCUT2D eigenvalue weighted by Crippen LogP contribution is 2.35. The Morgan fingerprint density at radius 3 is 2.38 bits per heavy atom. The van der Waals surface area contributed by atoms with E-state index < -0.39 is 18.3 Å². The molecule has 1 heterocycles. The molecule has 0 aliphatic carbocycles. The predicted octanol–water partition coefficient (Wildman–Crippen LogP) is 1.38. The van der Waals surface area contributed by atoms with Crippen LogP contribution in [0.25, 0.3) is 0 Å². The van der Waals surface area contributed by atoms with Crippen molar-refractivity contribution >= 4 is 24.5 Å². The summed E-state index contributed by atoms with van der Waals surface area (Å²) >= 11 is 0. The van der Waals surface area contributed by atoms with Gasteiger partial charge in [0.05, 0.1) is 14.1 Å². The molecule has 1 aliphatic rings. The monoisotopic (exact) mass is 292 g/mol. The lowest BCUT2D eigenvalue weighted by molar-refractivity contribution is -0.485. The summed E-state index contributed by atoms with van der Waals surface area (Å²) < 4.78 is 22.4. The van der Waals surface area contributed by atoms with Gasteiger partial charge < -0.3 is 13.5 Å². The minimum absolute atomic E-state index is 0.0931. The Balaban J connectivity index is 2.65. The van der Waals surface area contributed by atoms with Gasteiger partial charge in [-0.3, -0.25) is 9.69 Å². The molecule has 0 radical (unpaired) electrons. The standard InChI is InChI=1S/C15H22BFN2O2/c1-12(2)15(3)14(20)21-16(17,19(15)11-18(4)5)13-9-7-6-8-10-13/h6-12H,1-5H3/b19-11+/t15-,16?/m1/s1. The minimum atomic E-state index is -3.07. The summed E-state index contributed by atoms with van der Waals surface area (Å²) in [6, 6.07) is 8.59. The molecular formula is C15H22BFN2O2. The summed E-state index contributed by atoms with van der Waals surface area (Å²) in [5, 5.41) is 0. The number of halogens is 1. The van der Waals surface area contributed by atoms with Gasteiger partial charge >= 0.3 is 12.7 Å². The maximum atomic E-state index is 15.7. The number of benzene rings is 1. The van der Waals surface area contributed by atoms with Gasteiger partial charge in [0.25, 0.3) is 0 Å². The Bertz CT molecular complexity index is 576. The van der Waals surface area contributed by atoms with Crippen LogP contribution in [0.15, 0.2) is 30.3 Å². The largest absolute Gasteiger partial charge is 0.619 e. The van der Waals surface area contributed by atoms with Gasteiger partial charge in [0, 0.05) is 5.92 Å². The lowest BCUT2D eigenvalue weighted by Gasteiger charge is -2.33. The van der Waals surface area contributed by atoms with E-state index in [1.54, 1.807) is 62.6 Å². The molecule has 114 valence electrons. The SMILES string of the molecule is CC(C)[C@]1(C)C(=O)O[B-](F)(c2ccccc2)/[N+]1=C/N(C)C. The number of rotatable bonds is 3. The number of nitrogens with zero attached hydrogens (tertiary/aromatic N) is 2. The van der Waals surface area contributed by atoms with Crippen LogP contribution in [0.4, 0.5) is 4.32 Å². The molecule has 2 atom stereocenters. The van der Waals surface area contributed by atoms with E-state index in [1.807, 2.05) is 13.8 Å². The molecule has 1 aromatic carbocycles. The van der Waals surface area contributed by atoms with Crippen molar-refractivity contribution in [2.24, 2.45) is 5.92 Å². The number of carbonyl (C=O) groups is 1. The Kier molecular flexibility index (Phi) is 3.82. The minimum Gasteiger partial charge on any atom is -0.619 e. The first-order chi connectivity index (χ1) is 9.72. The van der Waals surface area contributed by atoms with Gasteiger partial charge in [-0.15, -0.1) is 0 Å². The van der Waals surface area contributed by atoms with E-state index in [1.165, 1.54) is 4.49 Å². The summed E-state index contributed by atoms with van der Waals surface area (Å²) in [6.07, 6.45) is 1.61. The molecule has 1 saturated heterocycles. The van der Waals surface area contributed by atoms with E-state index >= 15 is 4.32 Å². The van der Waals surface area contributed by atoms with Gasteiger partial charge in [-0.2, -0.15) is 0 Å². The van der Waals surface area contributed by atoms with Crippen molar-refractivity contribution < 1.29 is 18.3 Å². The Labute approximate surface area is 125 Å². The van der Waals surface area contributed by atoms with Crippen molar-refractivity contribution in [2.45, 2.75) is 26.3 Å². The molecule has 0 N–H and O–H groups in total. The number of carbonyl (C=O) groups excluding carboxylic acids is 1. The fourth-order valence-electron chi connectivity index (χ4n) is 2.68. The highest BCUT2D eigenvalue weighted by molar-refractivity contribution is 6.76. The van der Waals surface area contributed by atoms with Crippen LogP contribution in [0.1, 0.15) is 20.8 Å². The maximum absolute atomic E-state index is 15.7. The quantitative estimate of drug-likeness (QED) is 0.623. The van der Waals surface area contributed by atoms with Crippen LogP contribution < -0.4 is 5.46 Å². The maximum Gasteiger partial charge on any atom is 0.568 e. The highest BCUT2D eigenvalue weighted by atomic mass is 19.1. The second-order valence-corrected chi connectivity index (χ2v) is 6.25. The average Bonchev–Trinajstić information content (AvgIpc) is 2.62. The zero-order valence-electron chi connectivity index (χ0n) is 13.2. The molecular weight excluding hydrogens is 270 g/mol. The molecule has 0 bridgehead atoms. The topological polar surface area (TPSA) is 32.6 Å². The third kappa shape index (κ3) is 2.32. The van der Waals surface area contributed by atoms with Crippen LogP contribution >= 0.6 is 0 Å². The van der Waals surface area contributed by atoms with E-state index in [-0.39, 0.29) is 5.92 Å². The Morgan fingerprint density at radius 1 is 1.33 bits per heavy atom. The zero-order chi connectivity index (χ0) is 15.8. The number of hydrogen-bond donors (Lipinski definition) is 0.